The van der Waals surface area contributed by atoms with Crippen molar-refractivity contribution in [2.24, 2.45) is 5.41 Å². The molecular weight excluding hydrogens is 636 g/mol. The lowest BCUT2D eigenvalue weighted by molar-refractivity contribution is -0.133. The highest BCUT2D eigenvalue weighted by atomic mass is 32.2. The Morgan fingerprint density at radius 3 is 2.48 bits per heavy atom. The van der Waals surface area contributed by atoms with Crippen molar-refractivity contribution >= 4 is 27.7 Å². The first-order valence-corrected chi connectivity index (χ1v) is 17.9. The van der Waals surface area contributed by atoms with Crippen molar-refractivity contribution in [3.8, 4) is 5.75 Å². The molecule has 3 heterocycles. The topological polar surface area (TPSA) is 161 Å². The molecule has 0 spiro atoms. The number of carbonyl (C=O) groups is 3. The van der Waals surface area contributed by atoms with Gasteiger partial charge in [0.05, 0.1) is 18.2 Å². The molecule has 0 radical (unpaired) electrons. The van der Waals surface area contributed by atoms with Crippen LogP contribution < -0.4 is 20.7 Å². The zero-order valence-corrected chi connectivity index (χ0v) is 28.5. The summed E-state index contributed by atoms with van der Waals surface area (Å²) in [5, 5.41) is 13.2. The van der Waals surface area contributed by atoms with Crippen LogP contribution in [0.15, 0.2) is 67.0 Å². The van der Waals surface area contributed by atoms with Gasteiger partial charge in [-0.2, -0.15) is 5.10 Å². The summed E-state index contributed by atoms with van der Waals surface area (Å²) in [7, 11) is -1.95. The quantitative estimate of drug-likeness (QED) is 0.309. The Bertz CT molecular complexity index is 1600. The number of hydrogen-bond donors (Lipinski definition) is 3. The smallest absolute Gasteiger partial charge is 0.257 e. The second-order valence-corrected chi connectivity index (χ2v) is 14.0. The molecule has 260 valence electrons. The van der Waals surface area contributed by atoms with Crippen molar-refractivity contribution in [2.75, 3.05) is 52.8 Å². The van der Waals surface area contributed by atoms with E-state index in [1.165, 1.54) is 4.31 Å². The third kappa shape index (κ3) is 11.2. The monoisotopic (exact) mass is 682 g/mol. The van der Waals surface area contributed by atoms with Gasteiger partial charge in [0.25, 0.3) is 5.91 Å². The van der Waals surface area contributed by atoms with Gasteiger partial charge in [-0.1, -0.05) is 36.4 Å². The maximum atomic E-state index is 14.2. The number of fused-ring (bicyclic) bond motifs is 17. The number of ether oxygens (including phenoxy) is 2. The number of sulfonamides is 1. The van der Waals surface area contributed by atoms with Crippen LogP contribution in [0, 0.1) is 5.41 Å². The summed E-state index contributed by atoms with van der Waals surface area (Å²) in [5.41, 5.74) is 1.72. The van der Waals surface area contributed by atoms with Crippen molar-refractivity contribution in [3.05, 3.63) is 83.7 Å². The lowest BCUT2D eigenvalue weighted by Crippen LogP contribution is -2.50. The SMILES string of the molecule is COCCC1(C(=O)NCc2ccccc2Cn2cccn2)CNC(=O)CCCN(S(C)(=O)=O)CCCNC(=O)COc2ccc(cc2)C1. The van der Waals surface area contributed by atoms with Crippen LogP contribution in [-0.2, 0) is 48.7 Å². The Labute approximate surface area is 282 Å². The lowest BCUT2D eigenvalue weighted by atomic mass is 9.77. The fraction of sp³-hybridized carbons (Fsp3) is 0.471. The number of amides is 3. The molecule has 5 rings (SSSR count). The molecule has 1 unspecified atom stereocenters. The minimum absolute atomic E-state index is 0.0458. The Morgan fingerprint density at radius 2 is 1.77 bits per heavy atom. The van der Waals surface area contributed by atoms with Gasteiger partial charge in [-0.25, -0.2) is 12.7 Å². The Hall–Kier alpha value is -4.27. The van der Waals surface area contributed by atoms with Gasteiger partial charge in [-0.3, -0.25) is 19.1 Å². The summed E-state index contributed by atoms with van der Waals surface area (Å²) in [4.78, 5) is 39.7. The Morgan fingerprint density at radius 1 is 1.02 bits per heavy atom. The zero-order chi connectivity index (χ0) is 34.4. The van der Waals surface area contributed by atoms with Gasteiger partial charge in [0.15, 0.2) is 6.61 Å². The maximum absolute atomic E-state index is 14.2. The van der Waals surface area contributed by atoms with E-state index in [0.717, 1.165) is 22.9 Å². The number of aromatic nitrogens is 2. The van der Waals surface area contributed by atoms with Gasteiger partial charge in [-0.15, -0.1) is 0 Å². The number of nitrogens with one attached hydrogen (secondary N) is 3. The van der Waals surface area contributed by atoms with Gasteiger partial charge in [0.1, 0.15) is 5.75 Å². The van der Waals surface area contributed by atoms with E-state index in [9.17, 15) is 22.8 Å². The van der Waals surface area contributed by atoms with Crippen LogP contribution in [0.2, 0.25) is 0 Å². The molecule has 13 nitrogen and oxygen atoms in total. The number of rotatable bonds is 9. The highest BCUT2D eigenvalue weighted by molar-refractivity contribution is 7.88. The van der Waals surface area contributed by atoms with Gasteiger partial charge in [0.2, 0.25) is 21.8 Å². The van der Waals surface area contributed by atoms with Crippen molar-refractivity contribution in [3.63, 3.8) is 0 Å². The summed E-state index contributed by atoms with van der Waals surface area (Å²) in [6.07, 6.45) is 6.13. The molecule has 0 saturated heterocycles. The van der Waals surface area contributed by atoms with E-state index in [1.54, 1.807) is 25.4 Å². The summed E-state index contributed by atoms with van der Waals surface area (Å²) in [6.45, 7) is 1.60. The minimum atomic E-state index is -3.52. The maximum Gasteiger partial charge on any atom is 0.257 e. The van der Waals surface area contributed by atoms with Crippen LogP contribution >= 0.6 is 0 Å². The molecule has 0 aliphatic carbocycles. The normalized spacial score (nSPS) is 19.1. The summed E-state index contributed by atoms with van der Waals surface area (Å²) in [5.74, 6) is -0.359. The number of benzene rings is 2. The second kappa shape index (κ2) is 17.8. The van der Waals surface area contributed by atoms with Crippen LogP contribution in [0.4, 0.5) is 0 Å². The average molecular weight is 683 g/mol. The third-order valence-corrected chi connectivity index (χ3v) is 9.67. The molecular formula is C34H46N6O7S. The van der Waals surface area contributed by atoms with Gasteiger partial charge in [0, 0.05) is 65.3 Å². The lowest BCUT2D eigenvalue weighted by Gasteiger charge is -2.33. The molecule has 2 aliphatic heterocycles. The number of carbonyl (C=O) groups excluding carboxylic acids is 3. The van der Waals surface area contributed by atoms with E-state index in [1.807, 2.05) is 53.3 Å². The van der Waals surface area contributed by atoms with E-state index in [0.29, 0.717) is 38.0 Å². The van der Waals surface area contributed by atoms with E-state index in [4.69, 9.17) is 9.47 Å². The minimum Gasteiger partial charge on any atom is -0.484 e. The molecule has 2 aliphatic rings. The molecule has 3 aromatic rings. The van der Waals surface area contributed by atoms with Gasteiger partial charge in [-0.05, 0) is 60.6 Å². The highest BCUT2D eigenvalue weighted by Gasteiger charge is 2.39. The summed E-state index contributed by atoms with van der Waals surface area (Å²) in [6, 6.07) is 16.9. The number of nitrogens with zero attached hydrogens (tertiary/aromatic N) is 3. The summed E-state index contributed by atoms with van der Waals surface area (Å²) < 4.78 is 39.0. The van der Waals surface area contributed by atoms with E-state index >= 15 is 0 Å². The number of methoxy groups -OCH3 is 1. The third-order valence-electron chi connectivity index (χ3n) is 8.36. The second-order valence-electron chi connectivity index (χ2n) is 12.0. The molecule has 3 amide bonds. The van der Waals surface area contributed by atoms with Crippen molar-refractivity contribution < 1.29 is 32.3 Å². The predicted molar refractivity (Wildman–Crippen MR) is 180 cm³/mol. The fourth-order valence-electron chi connectivity index (χ4n) is 5.62. The van der Waals surface area contributed by atoms with Crippen LogP contribution in [0.1, 0.15) is 42.4 Å². The average Bonchev–Trinajstić information content (AvgIpc) is 3.58. The number of hydrogen-bond acceptors (Lipinski definition) is 8. The summed E-state index contributed by atoms with van der Waals surface area (Å²) >= 11 is 0. The highest BCUT2D eigenvalue weighted by Crippen LogP contribution is 2.29. The van der Waals surface area contributed by atoms with Crippen molar-refractivity contribution in [1.29, 1.82) is 0 Å². The predicted octanol–water partition coefficient (Wildman–Crippen LogP) is 1.87. The Kier molecular flexibility index (Phi) is 13.5. The first kappa shape index (κ1) is 36.6. The molecule has 48 heavy (non-hydrogen) atoms. The molecule has 1 aromatic heterocycles. The Balaban J connectivity index is 1.57. The first-order valence-electron chi connectivity index (χ1n) is 16.1. The fourth-order valence-corrected chi connectivity index (χ4v) is 6.54. The molecule has 0 saturated carbocycles. The largest absolute Gasteiger partial charge is 0.484 e. The van der Waals surface area contributed by atoms with Crippen LogP contribution in [0.3, 0.4) is 0 Å². The van der Waals surface area contributed by atoms with Gasteiger partial charge >= 0.3 is 0 Å². The standard InChI is InChI=1S/C34H46N6O7S/c1-46-21-15-34(33(43)36-23-28-8-3-4-9-29(28)24-39-18-7-17-38-39)22-27-11-13-30(14-12-27)47-25-32(42)35-16-6-20-40(48(2,44)45)19-5-10-31(41)37-26-34/h3-4,7-9,11-14,17-18H,5-6,10,15-16,19-26H2,1-2H3,(H,35,42)(H,36,43)(H,37,41). The van der Waals surface area contributed by atoms with Gasteiger partial charge < -0.3 is 25.4 Å². The first-order chi connectivity index (χ1) is 23.1. The van der Waals surface area contributed by atoms with E-state index in [-0.39, 0.29) is 70.1 Å². The zero-order valence-electron chi connectivity index (χ0n) is 27.7. The molecule has 3 N–H and O–H groups in total. The van der Waals surface area contributed by atoms with E-state index < -0.39 is 15.4 Å². The van der Waals surface area contributed by atoms with Crippen LogP contribution in [0.5, 0.6) is 5.75 Å². The van der Waals surface area contributed by atoms with Crippen molar-refractivity contribution in [2.45, 2.75) is 45.2 Å². The molecule has 1 atom stereocenters. The molecule has 0 fully saturated rings. The molecule has 2 aromatic carbocycles. The van der Waals surface area contributed by atoms with Crippen LogP contribution in [0.25, 0.3) is 0 Å². The van der Waals surface area contributed by atoms with Crippen LogP contribution in [-0.4, -0.2) is 93.0 Å². The van der Waals surface area contributed by atoms with E-state index in [2.05, 4.69) is 21.0 Å². The molecule has 14 heteroatoms. The van der Waals surface area contributed by atoms with Crippen molar-refractivity contribution in [1.82, 2.24) is 30.0 Å². The molecule has 2 bridgehead atoms.